The van der Waals surface area contributed by atoms with Gasteiger partial charge in [-0.25, -0.2) is 4.79 Å². The molecular formula is C16H21NO3. The number of nitrogens with zero attached hydrogens (tertiary/aromatic N) is 1. The van der Waals surface area contributed by atoms with Crippen LogP contribution in [0.15, 0.2) is 30.3 Å². The largest absolute Gasteiger partial charge is 0.478 e. The Bertz CT molecular complexity index is 491. The van der Waals surface area contributed by atoms with Gasteiger partial charge in [0.2, 0.25) is 0 Å². The highest BCUT2D eigenvalue weighted by Gasteiger charge is 2.13. The van der Waals surface area contributed by atoms with E-state index in [0.717, 1.165) is 24.6 Å². The summed E-state index contributed by atoms with van der Waals surface area (Å²) < 4.78 is 0. The van der Waals surface area contributed by atoms with Crippen LogP contribution in [0.25, 0.3) is 6.08 Å². The Morgan fingerprint density at radius 3 is 2.40 bits per heavy atom. The molecule has 0 aliphatic rings. The molecule has 1 amide bonds. The van der Waals surface area contributed by atoms with Gasteiger partial charge < -0.3 is 10.0 Å². The zero-order chi connectivity index (χ0) is 15.1. The Morgan fingerprint density at radius 1 is 1.30 bits per heavy atom. The zero-order valence-corrected chi connectivity index (χ0v) is 12.2. The Morgan fingerprint density at radius 2 is 1.90 bits per heavy atom. The third kappa shape index (κ3) is 4.88. The first kappa shape index (κ1) is 16.0. The normalized spacial score (nSPS) is 12.3. The topological polar surface area (TPSA) is 57.6 Å². The van der Waals surface area contributed by atoms with Crippen LogP contribution in [-0.2, 0) is 4.79 Å². The number of hydrogen-bond acceptors (Lipinski definition) is 2. The number of aliphatic carboxylic acids is 1. The van der Waals surface area contributed by atoms with Crippen LogP contribution in [0.5, 0.6) is 0 Å². The first-order valence-electron chi connectivity index (χ1n) is 6.70. The number of carboxylic acid groups (broad SMARTS) is 1. The van der Waals surface area contributed by atoms with Crippen LogP contribution in [0.2, 0.25) is 0 Å². The van der Waals surface area contributed by atoms with Crippen molar-refractivity contribution in [1.29, 1.82) is 0 Å². The van der Waals surface area contributed by atoms with Crippen molar-refractivity contribution in [2.75, 3.05) is 13.6 Å². The molecule has 0 aliphatic heterocycles. The first-order valence-corrected chi connectivity index (χ1v) is 6.70. The van der Waals surface area contributed by atoms with Gasteiger partial charge in [0.1, 0.15) is 0 Å². The second-order valence-electron chi connectivity index (χ2n) is 4.99. The number of carbonyl (C=O) groups is 2. The predicted octanol–water partition coefficient (Wildman–Crippen LogP) is 2.90. The molecule has 1 aromatic rings. The second-order valence-corrected chi connectivity index (χ2v) is 4.99. The van der Waals surface area contributed by atoms with Crippen LogP contribution in [0, 0.1) is 5.92 Å². The molecular weight excluding hydrogens is 254 g/mol. The lowest BCUT2D eigenvalue weighted by atomic mass is 10.1. The van der Waals surface area contributed by atoms with E-state index in [0.29, 0.717) is 11.5 Å². The monoisotopic (exact) mass is 275 g/mol. The van der Waals surface area contributed by atoms with Crippen LogP contribution < -0.4 is 0 Å². The molecule has 0 heterocycles. The van der Waals surface area contributed by atoms with Crippen molar-refractivity contribution >= 4 is 18.0 Å². The molecule has 0 saturated heterocycles. The standard InChI is InChI=1S/C16H21NO3/c1-4-12(2)11-17(3)16(20)14-8-5-13(6-9-14)7-10-15(18)19/h5-10,12H,4,11H2,1-3H3,(H,18,19). The minimum Gasteiger partial charge on any atom is -0.478 e. The number of carbonyl (C=O) groups excluding carboxylic acids is 1. The van der Waals surface area contributed by atoms with Gasteiger partial charge in [-0.1, -0.05) is 32.4 Å². The Labute approximate surface area is 119 Å². The average Bonchev–Trinajstić information content (AvgIpc) is 2.44. The Hall–Kier alpha value is -2.10. The molecule has 4 nitrogen and oxygen atoms in total. The summed E-state index contributed by atoms with van der Waals surface area (Å²) in [6.45, 7) is 4.95. The fraction of sp³-hybridized carbons (Fsp3) is 0.375. The van der Waals surface area contributed by atoms with Crippen molar-refractivity contribution < 1.29 is 14.7 Å². The molecule has 0 radical (unpaired) electrons. The first-order chi connectivity index (χ1) is 9.43. The van der Waals surface area contributed by atoms with Crippen molar-refractivity contribution in [3.8, 4) is 0 Å². The summed E-state index contributed by atoms with van der Waals surface area (Å²) in [5.41, 5.74) is 1.37. The highest BCUT2D eigenvalue weighted by atomic mass is 16.4. The molecule has 1 rings (SSSR count). The number of benzene rings is 1. The van der Waals surface area contributed by atoms with Gasteiger partial charge in [0.25, 0.3) is 5.91 Å². The van der Waals surface area contributed by atoms with Gasteiger partial charge in [0.15, 0.2) is 0 Å². The molecule has 0 bridgehead atoms. The van der Waals surface area contributed by atoms with Crippen molar-refractivity contribution in [3.05, 3.63) is 41.5 Å². The summed E-state index contributed by atoms with van der Waals surface area (Å²) in [7, 11) is 1.80. The summed E-state index contributed by atoms with van der Waals surface area (Å²) in [5, 5.41) is 8.55. The smallest absolute Gasteiger partial charge is 0.328 e. The molecule has 0 spiro atoms. The molecule has 1 aromatic carbocycles. The van der Waals surface area contributed by atoms with Crippen LogP contribution >= 0.6 is 0 Å². The van der Waals surface area contributed by atoms with Gasteiger partial charge in [0, 0.05) is 25.2 Å². The molecule has 1 unspecified atom stereocenters. The third-order valence-electron chi connectivity index (χ3n) is 3.21. The maximum atomic E-state index is 12.2. The van der Waals surface area contributed by atoms with E-state index in [-0.39, 0.29) is 5.91 Å². The lowest BCUT2D eigenvalue weighted by Gasteiger charge is -2.20. The van der Waals surface area contributed by atoms with Gasteiger partial charge in [-0.15, -0.1) is 0 Å². The highest BCUT2D eigenvalue weighted by molar-refractivity contribution is 5.94. The third-order valence-corrected chi connectivity index (χ3v) is 3.21. The number of hydrogen-bond donors (Lipinski definition) is 1. The van der Waals surface area contributed by atoms with Gasteiger partial charge in [-0.3, -0.25) is 4.79 Å². The lowest BCUT2D eigenvalue weighted by Crippen LogP contribution is -2.30. The molecule has 0 fully saturated rings. The second kappa shape index (κ2) is 7.48. The van der Waals surface area contributed by atoms with E-state index in [1.807, 2.05) is 0 Å². The molecule has 1 N–H and O–H groups in total. The van der Waals surface area contributed by atoms with Crippen LogP contribution in [-0.4, -0.2) is 35.5 Å². The number of rotatable bonds is 6. The van der Waals surface area contributed by atoms with Crippen LogP contribution in [0.3, 0.4) is 0 Å². The molecule has 4 heteroatoms. The molecule has 108 valence electrons. The Balaban J connectivity index is 2.72. The van der Waals surface area contributed by atoms with Crippen molar-refractivity contribution in [2.45, 2.75) is 20.3 Å². The van der Waals surface area contributed by atoms with E-state index in [1.165, 1.54) is 6.08 Å². The maximum Gasteiger partial charge on any atom is 0.328 e. The zero-order valence-electron chi connectivity index (χ0n) is 12.2. The molecule has 0 aromatic heterocycles. The minimum absolute atomic E-state index is 0.0148. The van der Waals surface area contributed by atoms with E-state index in [2.05, 4.69) is 13.8 Å². The minimum atomic E-state index is -0.988. The van der Waals surface area contributed by atoms with E-state index in [4.69, 9.17) is 5.11 Å². The van der Waals surface area contributed by atoms with Gasteiger partial charge in [-0.2, -0.15) is 0 Å². The molecule has 0 aliphatic carbocycles. The molecule has 1 atom stereocenters. The van der Waals surface area contributed by atoms with Crippen molar-refractivity contribution in [2.24, 2.45) is 5.92 Å². The van der Waals surface area contributed by atoms with E-state index in [9.17, 15) is 9.59 Å². The van der Waals surface area contributed by atoms with Gasteiger partial charge in [0.05, 0.1) is 0 Å². The summed E-state index contributed by atoms with van der Waals surface area (Å²) in [6.07, 6.45) is 3.61. The van der Waals surface area contributed by atoms with Crippen molar-refractivity contribution in [1.82, 2.24) is 4.90 Å². The predicted molar refractivity (Wildman–Crippen MR) is 79.5 cm³/mol. The molecule has 0 saturated carbocycles. The highest BCUT2D eigenvalue weighted by Crippen LogP contribution is 2.10. The van der Waals surface area contributed by atoms with E-state index >= 15 is 0 Å². The van der Waals surface area contributed by atoms with Gasteiger partial charge >= 0.3 is 5.97 Å². The quantitative estimate of drug-likeness (QED) is 0.812. The fourth-order valence-electron chi connectivity index (χ4n) is 1.80. The van der Waals surface area contributed by atoms with E-state index < -0.39 is 5.97 Å². The van der Waals surface area contributed by atoms with Gasteiger partial charge in [-0.05, 0) is 29.7 Å². The average molecular weight is 275 g/mol. The SMILES string of the molecule is CCC(C)CN(C)C(=O)c1ccc(C=CC(=O)O)cc1. The summed E-state index contributed by atoms with van der Waals surface area (Å²) in [4.78, 5) is 24.3. The Kier molecular flexibility index (Phi) is 5.97. The lowest BCUT2D eigenvalue weighted by molar-refractivity contribution is -0.131. The van der Waals surface area contributed by atoms with E-state index in [1.54, 1.807) is 36.2 Å². The summed E-state index contributed by atoms with van der Waals surface area (Å²) >= 11 is 0. The summed E-state index contributed by atoms with van der Waals surface area (Å²) in [6, 6.07) is 6.92. The maximum absolute atomic E-state index is 12.2. The summed E-state index contributed by atoms with van der Waals surface area (Å²) in [5.74, 6) is -0.528. The van der Waals surface area contributed by atoms with Crippen LogP contribution in [0.4, 0.5) is 0 Å². The number of carboxylic acids is 1. The molecule has 20 heavy (non-hydrogen) atoms. The van der Waals surface area contributed by atoms with Crippen molar-refractivity contribution in [3.63, 3.8) is 0 Å². The number of amides is 1. The fourth-order valence-corrected chi connectivity index (χ4v) is 1.80. The van der Waals surface area contributed by atoms with Crippen LogP contribution in [0.1, 0.15) is 36.2 Å².